The predicted molar refractivity (Wildman–Crippen MR) is 54.8 cm³/mol. The Morgan fingerprint density at radius 1 is 1.55 bits per heavy atom. The topological polar surface area (TPSA) is 20.2 Å². The van der Waals surface area contributed by atoms with Crippen LogP contribution in [0.1, 0.15) is 11.1 Å². The minimum atomic E-state index is 0.0104. The zero-order valence-electron chi connectivity index (χ0n) is 6.06. The fraction of sp³-hybridized carbons (Fsp3) is 0.250. The molecule has 1 aromatic carbocycles. The van der Waals surface area contributed by atoms with E-state index in [4.69, 9.17) is 16.7 Å². The van der Waals surface area contributed by atoms with E-state index >= 15 is 0 Å². The zero-order chi connectivity index (χ0) is 8.43. The highest BCUT2D eigenvalue weighted by Crippen LogP contribution is 2.23. The first-order valence-electron chi connectivity index (χ1n) is 3.20. The monoisotopic (exact) mass is 282 g/mol. The van der Waals surface area contributed by atoms with Crippen LogP contribution in [0.5, 0.6) is 0 Å². The maximum absolute atomic E-state index is 8.88. The number of rotatable bonds is 1. The van der Waals surface area contributed by atoms with Crippen LogP contribution in [0.25, 0.3) is 0 Å². The molecule has 0 bridgehead atoms. The van der Waals surface area contributed by atoms with Gasteiger partial charge < -0.3 is 5.11 Å². The molecule has 0 radical (unpaired) electrons. The molecular weight excluding hydrogens is 274 g/mol. The Morgan fingerprint density at radius 3 is 2.73 bits per heavy atom. The lowest BCUT2D eigenvalue weighted by Gasteiger charge is -2.04. The number of aliphatic hydroxyl groups is 1. The highest BCUT2D eigenvalue weighted by molar-refractivity contribution is 14.1. The van der Waals surface area contributed by atoms with Crippen molar-refractivity contribution in [3.8, 4) is 0 Å². The van der Waals surface area contributed by atoms with Crippen LogP contribution in [0.4, 0.5) is 0 Å². The number of aliphatic hydroxyl groups excluding tert-OH is 1. The molecule has 0 aliphatic heterocycles. The highest BCUT2D eigenvalue weighted by Gasteiger charge is 2.02. The Bertz CT molecular complexity index is 273. The molecule has 0 unspecified atom stereocenters. The summed E-state index contributed by atoms with van der Waals surface area (Å²) in [6, 6.07) is 3.87. The number of halogens is 2. The maximum Gasteiger partial charge on any atom is 0.0696 e. The number of hydrogen-bond acceptors (Lipinski definition) is 1. The molecule has 0 fully saturated rings. The Labute approximate surface area is 84.5 Å². The Hall–Kier alpha value is 0.200. The van der Waals surface area contributed by atoms with Crippen molar-refractivity contribution in [3.63, 3.8) is 0 Å². The molecule has 1 nitrogen and oxygen atoms in total. The summed E-state index contributed by atoms with van der Waals surface area (Å²) in [5.74, 6) is 0. The zero-order valence-corrected chi connectivity index (χ0v) is 8.98. The Kier molecular flexibility index (Phi) is 3.16. The van der Waals surface area contributed by atoms with E-state index in [1.54, 1.807) is 0 Å². The molecule has 0 spiro atoms. The molecule has 0 saturated carbocycles. The van der Waals surface area contributed by atoms with Crippen molar-refractivity contribution < 1.29 is 5.11 Å². The molecule has 0 amide bonds. The van der Waals surface area contributed by atoms with Crippen molar-refractivity contribution in [2.24, 2.45) is 0 Å². The van der Waals surface area contributed by atoms with Gasteiger partial charge >= 0.3 is 0 Å². The van der Waals surface area contributed by atoms with Crippen LogP contribution in [0.15, 0.2) is 12.1 Å². The highest BCUT2D eigenvalue weighted by atomic mass is 127. The number of benzene rings is 1. The fourth-order valence-corrected chi connectivity index (χ4v) is 1.92. The van der Waals surface area contributed by atoms with Gasteiger partial charge in [0.25, 0.3) is 0 Å². The third kappa shape index (κ3) is 2.07. The van der Waals surface area contributed by atoms with E-state index < -0.39 is 0 Å². The summed E-state index contributed by atoms with van der Waals surface area (Å²) in [5, 5.41) is 9.55. The predicted octanol–water partition coefficient (Wildman–Crippen LogP) is 2.75. The lowest BCUT2D eigenvalue weighted by molar-refractivity contribution is 0.282. The van der Waals surface area contributed by atoms with Gasteiger partial charge in [-0.3, -0.25) is 0 Å². The van der Waals surface area contributed by atoms with Crippen molar-refractivity contribution in [2.75, 3.05) is 0 Å². The van der Waals surface area contributed by atoms with E-state index in [2.05, 4.69) is 22.6 Å². The van der Waals surface area contributed by atoms with Gasteiger partial charge in [0.05, 0.1) is 6.61 Å². The molecule has 1 aromatic rings. The van der Waals surface area contributed by atoms with Gasteiger partial charge in [0.2, 0.25) is 0 Å². The summed E-state index contributed by atoms with van der Waals surface area (Å²) >= 11 is 8.10. The van der Waals surface area contributed by atoms with Gasteiger partial charge in [0.1, 0.15) is 0 Å². The van der Waals surface area contributed by atoms with Gasteiger partial charge in [-0.1, -0.05) is 11.6 Å². The molecule has 11 heavy (non-hydrogen) atoms. The number of aryl methyl sites for hydroxylation is 1. The maximum atomic E-state index is 8.88. The van der Waals surface area contributed by atoms with E-state index in [1.807, 2.05) is 19.1 Å². The van der Waals surface area contributed by atoms with Crippen LogP contribution in [0.2, 0.25) is 5.02 Å². The van der Waals surface area contributed by atoms with E-state index in [1.165, 1.54) is 0 Å². The second-order valence-electron chi connectivity index (χ2n) is 2.35. The summed E-state index contributed by atoms with van der Waals surface area (Å²) in [6.07, 6.45) is 0. The molecule has 0 aliphatic carbocycles. The molecule has 0 atom stereocenters. The summed E-state index contributed by atoms with van der Waals surface area (Å²) in [5.41, 5.74) is 1.82. The Balaban J connectivity index is 3.24. The quantitative estimate of drug-likeness (QED) is 0.785. The lowest BCUT2D eigenvalue weighted by Crippen LogP contribution is -1.89. The van der Waals surface area contributed by atoms with Crippen molar-refractivity contribution in [1.29, 1.82) is 0 Å². The molecule has 60 valence electrons. The molecular formula is C8H8ClIO. The van der Waals surface area contributed by atoms with Crippen LogP contribution in [-0.4, -0.2) is 5.11 Å². The van der Waals surface area contributed by atoms with E-state index in [-0.39, 0.29) is 6.61 Å². The van der Waals surface area contributed by atoms with Gasteiger partial charge in [0.15, 0.2) is 0 Å². The van der Waals surface area contributed by atoms with E-state index in [9.17, 15) is 0 Å². The molecule has 0 aromatic heterocycles. The average Bonchev–Trinajstić information content (AvgIpc) is 1.96. The van der Waals surface area contributed by atoms with E-state index in [0.717, 1.165) is 14.7 Å². The average molecular weight is 283 g/mol. The second-order valence-corrected chi connectivity index (χ2v) is 3.98. The molecule has 0 saturated heterocycles. The summed E-state index contributed by atoms with van der Waals surface area (Å²) in [7, 11) is 0. The second kappa shape index (κ2) is 3.74. The van der Waals surface area contributed by atoms with Crippen molar-refractivity contribution >= 4 is 34.2 Å². The Morgan fingerprint density at radius 2 is 2.18 bits per heavy atom. The van der Waals surface area contributed by atoms with Gasteiger partial charge in [-0.25, -0.2) is 0 Å². The third-order valence-electron chi connectivity index (χ3n) is 1.46. The van der Waals surface area contributed by atoms with E-state index in [0.29, 0.717) is 5.02 Å². The van der Waals surface area contributed by atoms with Crippen LogP contribution in [0, 0.1) is 10.5 Å². The van der Waals surface area contributed by atoms with Crippen LogP contribution < -0.4 is 0 Å². The largest absolute Gasteiger partial charge is 0.392 e. The molecule has 1 N–H and O–H groups in total. The first-order chi connectivity index (χ1) is 5.15. The van der Waals surface area contributed by atoms with Gasteiger partial charge in [-0.15, -0.1) is 0 Å². The summed E-state index contributed by atoms with van der Waals surface area (Å²) in [4.78, 5) is 0. The minimum absolute atomic E-state index is 0.0104. The lowest BCUT2D eigenvalue weighted by atomic mass is 10.1. The summed E-state index contributed by atoms with van der Waals surface area (Å²) < 4.78 is 1.11. The van der Waals surface area contributed by atoms with Crippen LogP contribution in [0.3, 0.4) is 0 Å². The van der Waals surface area contributed by atoms with Crippen molar-refractivity contribution in [2.45, 2.75) is 13.5 Å². The standard InChI is InChI=1S/C8H8ClIO/c1-5-2-7(10)3-6(4-11)8(5)9/h2-3,11H,4H2,1H3. The first-order valence-corrected chi connectivity index (χ1v) is 4.66. The summed E-state index contributed by atoms with van der Waals surface area (Å²) in [6.45, 7) is 1.94. The third-order valence-corrected chi connectivity index (χ3v) is 2.63. The SMILES string of the molecule is Cc1cc(I)cc(CO)c1Cl. The van der Waals surface area contributed by atoms with Crippen LogP contribution in [-0.2, 0) is 6.61 Å². The molecule has 3 heteroatoms. The molecule has 0 heterocycles. The van der Waals surface area contributed by atoms with Crippen molar-refractivity contribution in [3.05, 3.63) is 31.9 Å². The minimum Gasteiger partial charge on any atom is -0.392 e. The smallest absolute Gasteiger partial charge is 0.0696 e. The number of hydrogen-bond donors (Lipinski definition) is 1. The van der Waals surface area contributed by atoms with Crippen molar-refractivity contribution in [1.82, 2.24) is 0 Å². The first kappa shape index (κ1) is 9.29. The van der Waals surface area contributed by atoms with Gasteiger partial charge in [-0.05, 0) is 52.8 Å². The fourth-order valence-electron chi connectivity index (χ4n) is 0.910. The molecule has 1 rings (SSSR count). The van der Waals surface area contributed by atoms with Crippen LogP contribution >= 0.6 is 34.2 Å². The molecule has 0 aliphatic rings. The normalized spacial score (nSPS) is 10.2. The van der Waals surface area contributed by atoms with Gasteiger partial charge in [0, 0.05) is 8.59 Å². The van der Waals surface area contributed by atoms with Gasteiger partial charge in [-0.2, -0.15) is 0 Å².